The third kappa shape index (κ3) is 7.14. The summed E-state index contributed by atoms with van der Waals surface area (Å²) in [5, 5.41) is 17.6. The van der Waals surface area contributed by atoms with Crippen LogP contribution in [0.25, 0.3) is 0 Å². The SMILES string of the molecule is N#Cc1ccc(OC2CCC(N3C(=O)CC[C@@H](N4C(=O)c5cc(F)c(N6CCC(CN7C[C@H]8C[C@H](C7)N8c7ccc(C(N)=O)nn7)CC6)cc5C4=O)C3=O)CC2)cc1Cl. The minimum Gasteiger partial charge on any atom is -0.490 e. The van der Waals surface area contributed by atoms with E-state index in [1.807, 2.05) is 11.0 Å². The van der Waals surface area contributed by atoms with E-state index in [4.69, 9.17) is 27.3 Å². The lowest BCUT2D eigenvalue weighted by molar-refractivity contribution is -0.155. The highest BCUT2D eigenvalue weighted by Crippen LogP contribution is 2.39. The van der Waals surface area contributed by atoms with Crippen LogP contribution in [0.1, 0.15) is 94.6 Å². The lowest BCUT2D eigenvalue weighted by atomic mass is 9.86. The molecular weight excluding hydrogens is 781 g/mol. The third-order valence-electron chi connectivity index (χ3n) is 13.0. The predicted molar refractivity (Wildman–Crippen MR) is 211 cm³/mol. The molecule has 6 fully saturated rings. The maximum absolute atomic E-state index is 15.8. The lowest BCUT2D eigenvalue weighted by Gasteiger charge is -2.57. The summed E-state index contributed by atoms with van der Waals surface area (Å²) < 4.78 is 21.9. The van der Waals surface area contributed by atoms with Crippen molar-refractivity contribution in [3.63, 3.8) is 0 Å². The van der Waals surface area contributed by atoms with Crippen LogP contribution in [0.5, 0.6) is 5.75 Å². The first-order chi connectivity index (χ1) is 28.5. The van der Waals surface area contributed by atoms with E-state index >= 15 is 4.39 Å². The van der Waals surface area contributed by atoms with Gasteiger partial charge < -0.3 is 20.3 Å². The van der Waals surface area contributed by atoms with Crippen molar-refractivity contribution in [2.45, 2.75) is 88.1 Å². The van der Waals surface area contributed by atoms with Crippen LogP contribution in [-0.2, 0) is 9.59 Å². The van der Waals surface area contributed by atoms with Gasteiger partial charge in [-0.2, -0.15) is 5.26 Å². The number of nitrogens with two attached hydrogens (primary N) is 1. The van der Waals surface area contributed by atoms with Gasteiger partial charge in [0.1, 0.15) is 23.7 Å². The summed E-state index contributed by atoms with van der Waals surface area (Å²) in [4.78, 5) is 75.1. The number of imide groups is 2. The number of piperidine rings is 3. The smallest absolute Gasteiger partial charge is 0.269 e. The van der Waals surface area contributed by atoms with Crippen molar-refractivity contribution in [1.82, 2.24) is 24.9 Å². The van der Waals surface area contributed by atoms with Crippen LogP contribution in [0.4, 0.5) is 15.9 Å². The highest BCUT2D eigenvalue weighted by atomic mass is 35.5. The van der Waals surface area contributed by atoms with Crippen LogP contribution >= 0.6 is 11.6 Å². The Hall–Kier alpha value is -5.66. The molecule has 306 valence electrons. The number of piperazine rings is 1. The summed E-state index contributed by atoms with van der Waals surface area (Å²) in [6.45, 7) is 3.89. The average Bonchev–Trinajstić information content (AvgIpc) is 3.46. The van der Waals surface area contributed by atoms with E-state index in [-0.39, 0.29) is 47.4 Å². The largest absolute Gasteiger partial charge is 0.490 e. The molecule has 3 atom stereocenters. The van der Waals surface area contributed by atoms with Crippen molar-refractivity contribution in [3.05, 3.63) is 75.7 Å². The number of primary amides is 1. The molecular formula is C42H43ClFN9O6. The number of anilines is 2. The van der Waals surface area contributed by atoms with Gasteiger partial charge in [-0.1, -0.05) is 11.6 Å². The number of hydrogen-bond acceptors (Lipinski definition) is 12. The Morgan fingerprint density at radius 3 is 2.24 bits per heavy atom. The molecule has 2 aromatic carbocycles. The molecule has 10 rings (SSSR count). The average molecular weight is 824 g/mol. The van der Waals surface area contributed by atoms with E-state index in [1.165, 1.54) is 11.0 Å². The van der Waals surface area contributed by atoms with Gasteiger partial charge in [0, 0.05) is 63.3 Å². The second kappa shape index (κ2) is 15.5. The summed E-state index contributed by atoms with van der Waals surface area (Å²) in [6, 6.07) is 11.9. The van der Waals surface area contributed by atoms with E-state index in [2.05, 4.69) is 20.0 Å². The van der Waals surface area contributed by atoms with Crippen molar-refractivity contribution in [3.8, 4) is 11.8 Å². The maximum Gasteiger partial charge on any atom is 0.269 e. The monoisotopic (exact) mass is 823 g/mol. The molecule has 2 N–H and O–H groups in total. The Bertz CT molecular complexity index is 2260. The summed E-state index contributed by atoms with van der Waals surface area (Å²) in [6.07, 6.45) is 4.65. The summed E-state index contributed by atoms with van der Waals surface area (Å²) in [7, 11) is 0. The van der Waals surface area contributed by atoms with E-state index < -0.39 is 41.5 Å². The second-order valence-corrected chi connectivity index (χ2v) is 16.9. The first kappa shape index (κ1) is 38.8. The van der Waals surface area contributed by atoms with Crippen LogP contribution < -0.4 is 20.3 Å². The molecule has 1 saturated carbocycles. The Labute approximate surface area is 344 Å². The molecule has 1 aliphatic carbocycles. The number of rotatable bonds is 9. The number of benzene rings is 2. The van der Waals surface area contributed by atoms with Gasteiger partial charge in [0.05, 0.1) is 33.5 Å². The van der Waals surface area contributed by atoms with Crippen molar-refractivity contribution in [1.29, 1.82) is 5.26 Å². The fraction of sp³-hybridized carbons (Fsp3) is 0.476. The Kier molecular flexibility index (Phi) is 10.2. The number of nitrogens with zero attached hydrogens (tertiary/aromatic N) is 8. The molecule has 59 heavy (non-hydrogen) atoms. The minimum atomic E-state index is -1.17. The Morgan fingerprint density at radius 2 is 1.59 bits per heavy atom. The molecule has 0 unspecified atom stereocenters. The molecule has 2 bridgehead atoms. The number of fused-ring (bicyclic) bond motifs is 3. The molecule has 17 heteroatoms. The number of aromatic nitrogens is 2. The number of nitriles is 1. The standard InChI is InChI=1S/C42H43ClFN9O6/c43-32-16-29(4-1-24(32)19-45)59-28-5-2-25(3-6-28)52-38(54)10-8-35(42(52)58)53-40(56)30-17-33(44)36(18-31(30)41(53)57)50-13-11-23(12-14-50)20-49-21-26-15-27(22-49)51(26)37-9-7-34(39(46)55)47-48-37/h1,4,7,9,16-18,23,25-28,35H,2-3,5-6,8,10-15,20-22H2,(H2,46,55)/t25?,26-,27-,28?,35-/m1/s1. The predicted octanol–water partition coefficient (Wildman–Crippen LogP) is 3.92. The first-order valence-electron chi connectivity index (χ1n) is 20.3. The van der Waals surface area contributed by atoms with Gasteiger partial charge in [0.25, 0.3) is 23.6 Å². The zero-order valence-electron chi connectivity index (χ0n) is 32.3. The highest BCUT2D eigenvalue weighted by Gasteiger charge is 2.50. The van der Waals surface area contributed by atoms with Gasteiger partial charge in [0.15, 0.2) is 11.5 Å². The summed E-state index contributed by atoms with van der Waals surface area (Å²) in [5.41, 5.74) is 6.05. The van der Waals surface area contributed by atoms with Crippen LogP contribution in [0.2, 0.25) is 5.02 Å². The number of hydrogen-bond donors (Lipinski definition) is 1. The maximum atomic E-state index is 15.8. The first-order valence-corrected chi connectivity index (χ1v) is 20.7. The molecule has 7 heterocycles. The molecule has 3 aromatic rings. The van der Waals surface area contributed by atoms with Crippen LogP contribution in [-0.4, -0.2) is 117 Å². The summed E-state index contributed by atoms with van der Waals surface area (Å²) >= 11 is 6.16. The minimum absolute atomic E-state index is 0.00355. The lowest BCUT2D eigenvalue weighted by Crippen LogP contribution is -2.69. The van der Waals surface area contributed by atoms with E-state index in [0.29, 0.717) is 73.1 Å². The van der Waals surface area contributed by atoms with E-state index in [9.17, 15) is 24.0 Å². The van der Waals surface area contributed by atoms with Gasteiger partial charge in [0.2, 0.25) is 5.91 Å². The van der Waals surface area contributed by atoms with Gasteiger partial charge in [-0.3, -0.25) is 38.7 Å². The van der Waals surface area contributed by atoms with Crippen LogP contribution in [0, 0.1) is 23.1 Å². The van der Waals surface area contributed by atoms with Gasteiger partial charge in [-0.25, -0.2) is 4.39 Å². The van der Waals surface area contributed by atoms with Crippen molar-refractivity contribution in [2.24, 2.45) is 11.7 Å². The van der Waals surface area contributed by atoms with Crippen LogP contribution in [0.3, 0.4) is 0 Å². The topological polar surface area (TPSA) is 186 Å². The molecule has 15 nitrogen and oxygen atoms in total. The van der Waals surface area contributed by atoms with Gasteiger partial charge in [-0.15, -0.1) is 10.2 Å². The quantitative estimate of drug-likeness (QED) is 0.307. The Balaban J connectivity index is 0.796. The van der Waals surface area contributed by atoms with Crippen molar-refractivity contribution in [2.75, 3.05) is 42.5 Å². The number of carbonyl (C=O) groups is 5. The van der Waals surface area contributed by atoms with Crippen molar-refractivity contribution < 1.29 is 33.1 Å². The van der Waals surface area contributed by atoms with Gasteiger partial charge in [-0.05, 0) is 93.7 Å². The number of carbonyl (C=O) groups excluding carboxylic acids is 5. The number of amides is 5. The number of halogens is 2. The second-order valence-electron chi connectivity index (χ2n) is 16.5. The van der Waals surface area contributed by atoms with Crippen molar-refractivity contribution >= 4 is 52.6 Å². The third-order valence-corrected chi connectivity index (χ3v) is 13.3. The zero-order chi connectivity index (χ0) is 41.1. The van der Waals surface area contributed by atoms with Crippen LogP contribution in [0.15, 0.2) is 42.5 Å². The molecule has 5 amide bonds. The highest BCUT2D eigenvalue weighted by molar-refractivity contribution is 6.31. The fourth-order valence-corrected chi connectivity index (χ4v) is 10.2. The Morgan fingerprint density at radius 1 is 0.881 bits per heavy atom. The molecule has 1 aromatic heterocycles. The number of ether oxygens (including phenoxy) is 1. The van der Waals surface area contributed by atoms with E-state index in [1.54, 1.807) is 30.3 Å². The van der Waals surface area contributed by atoms with Gasteiger partial charge >= 0.3 is 0 Å². The molecule has 0 spiro atoms. The normalized spacial score (nSPS) is 26.2. The molecule has 0 radical (unpaired) electrons. The zero-order valence-corrected chi connectivity index (χ0v) is 33.0. The molecule has 7 aliphatic rings. The van der Waals surface area contributed by atoms with E-state index in [0.717, 1.165) is 55.7 Å². The summed E-state index contributed by atoms with van der Waals surface area (Å²) in [5.74, 6) is -1.82. The number of likely N-dealkylation sites (tertiary alicyclic amines) is 1. The molecule has 5 saturated heterocycles. The fourth-order valence-electron chi connectivity index (χ4n) is 10.0. The molecule has 6 aliphatic heterocycles.